The molecule has 2 aliphatic heterocycles. The number of para-hydroxylation sites is 2. The predicted octanol–water partition coefficient (Wildman–Crippen LogP) is 5.14. The van der Waals surface area contributed by atoms with E-state index in [2.05, 4.69) is 36.5 Å². The van der Waals surface area contributed by atoms with Crippen molar-refractivity contribution in [3.8, 4) is 5.75 Å². The molecule has 0 unspecified atom stereocenters. The number of anilines is 1. The van der Waals surface area contributed by atoms with Crippen LogP contribution >= 0.6 is 37.3 Å². The second kappa shape index (κ2) is 3.27. The van der Waals surface area contributed by atoms with Crippen molar-refractivity contribution in [1.29, 1.82) is 0 Å². The molecule has 2 heterocycles. The molecule has 2 aliphatic rings. The molecule has 3 rings (SSSR count). The molecule has 0 amide bonds. The van der Waals surface area contributed by atoms with Crippen LogP contribution in [-0.2, 0) is 4.52 Å². The molecule has 1 aromatic rings. The number of benzene rings is 1. The molecule has 1 spiro atoms. The van der Waals surface area contributed by atoms with Gasteiger partial charge in [-0.25, -0.2) is 0 Å². The molecule has 1 aromatic carbocycles. The van der Waals surface area contributed by atoms with Crippen LogP contribution in [0.3, 0.4) is 0 Å². The third-order valence-electron chi connectivity index (χ3n) is 2.78. The van der Waals surface area contributed by atoms with Crippen molar-refractivity contribution < 1.29 is 9.05 Å². The monoisotopic (exact) mass is 379 g/mol. The summed E-state index contributed by atoms with van der Waals surface area (Å²) in [6, 6.07) is 7.83. The van der Waals surface area contributed by atoms with Gasteiger partial charge >= 0.3 is 117 Å². The average molecular weight is 381 g/mol. The van der Waals surface area contributed by atoms with Crippen LogP contribution in [0.1, 0.15) is 13.8 Å². The zero-order chi connectivity index (χ0) is 12.3. The molecule has 0 atom stereocenters. The van der Waals surface area contributed by atoms with E-state index in [0.29, 0.717) is 0 Å². The quantitative estimate of drug-likeness (QED) is 0.632. The molecule has 0 radical (unpaired) electrons. The number of nitrogens with one attached hydrogen (secondary N) is 1. The number of hydrogen-bond donors (Lipinski definition) is 1. The van der Waals surface area contributed by atoms with Gasteiger partial charge in [-0.15, -0.1) is 0 Å². The third-order valence-corrected chi connectivity index (χ3v) is 9.00. The maximum atomic E-state index is 6.15. The first kappa shape index (κ1) is 12.0. The summed E-state index contributed by atoms with van der Waals surface area (Å²) < 4.78 is 13.2. The first-order valence-corrected chi connectivity index (χ1v) is 10.2. The van der Waals surface area contributed by atoms with Gasteiger partial charge in [-0.05, 0) is 0 Å². The van der Waals surface area contributed by atoms with Crippen molar-refractivity contribution in [2.45, 2.75) is 19.4 Å². The Morgan fingerprint density at radius 1 is 1.29 bits per heavy atom. The van der Waals surface area contributed by atoms with Gasteiger partial charge in [-0.2, -0.15) is 0 Å². The van der Waals surface area contributed by atoms with Gasteiger partial charge in [0.1, 0.15) is 0 Å². The van der Waals surface area contributed by atoms with Gasteiger partial charge in [0.25, 0.3) is 0 Å². The zero-order valence-electron chi connectivity index (χ0n) is 9.41. The summed E-state index contributed by atoms with van der Waals surface area (Å²) >= 11 is 7.22. The summed E-state index contributed by atoms with van der Waals surface area (Å²) in [4.78, 5) is 0. The topological polar surface area (TPSA) is 30.5 Å². The summed E-state index contributed by atoms with van der Waals surface area (Å²) in [5.41, 5.74) is 0.562. The molecule has 0 fully saturated rings. The Morgan fingerprint density at radius 3 is 2.59 bits per heavy atom. The van der Waals surface area contributed by atoms with E-state index in [4.69, 9.17) is 9.05 Å². The third kappa shape index (κ3) is 1.75. The summed E-state index contributed by atoms with van der Waals surface area (Å²) in [5.74, 6) is -0.292. The molecule has 3 nitrogen and oxygen atoms in total. The van der Waals surface area contributed by atoms with Crippen LogP contribution in [0.15, 0.2) is 34.6 Å². The second-order valence-electron chi connectivity index (χ2n) is 4.70. The van der Waals surface area contributed by atoms with Gasteiger partial charge in [-0.1, -0.05) is 0 Å². The van der Waals surface area contributed by atoms with Crippen LogP contribution in [0.25, 0.3) is 0 Å². The maximum absolute atomic E-state index is 6.15. The second-order valence-corrected chi connectivity index (χ2v) is 12.3. The van der Waals surface area contributed by atoms with Crippen LogP contribution in [0.4, 0.5) is 5.69 Å². The van der Waals surface area contributed by atoms with Gasteiger partial charge in [0.15, 0.2) is 0 Å². The molecule has 0 saturated heterocycles. The van der Waals surface area contributed by atoms with Gasteiger partial charge in [-0.3, -0.25) is 0 Å². The van der Waals surface area contributed by atoms with Crippen molar-refractivity contribution >= 4 is 43.0 Å². The van der Waals surface area contributed by atoms with E-state index in [-0.39, 0.29) is 0 Å². The van der Waals surface area contributed by atoms with Crippen molar-refractivity contribution in [3.05, 3.63) is 34.6 Å². The first-order chi connectivity index (χ1) is 7.81. The van der Waals surface area contributed by atoms with Crippen molar-refractivity contribution in [2.24, 2.45) is 0 Å². The fourth-order valence-corrected chi connectivity index (χ4v) is 9.97. The number of halogens is 2. The van der Waals surface area contributed by atoms with E-state index in [1.165, 1.54) is 0 Å². The molecule has 92 valence electrons. The number of fused-ring (bicyclic) bond motifs is 1. The van der Waals surface area contributed by atoms with Crippen molar-refractivity contribution in [2.75, 3.05) is 5.09 Å². The predicted molar refractivity (Wildman–Crippen MR) is 78.7 cm³/mol. The fraction of sp³-hybridized carbons (Fsp3) is 0.273. The van der Waals surface area contributed by atoms with Crippen molar-refractivity contribution in [3.63, 3.8) is 0 Å². The molecule has 0 aliphatic carbocycles. The molecule has 6 heteroatoms. The molecule has 0 bridgehead atoms. The molecule has 0 saturated carbocycles. The van der Waals surface area contributed by atoms with Gasteiger partial charge in [0.05, 0.1) is 0 Å². The van der Waals surface area contributed by atoms with Gasteiger partial charge < -0.3 is 0 Å². The molecular weight excluding hydrogens is 369 g/mol. The number of hydrogen-bond acceptors (Lipinski definition) is 3. The summed E-state index contributed by atoms with van der Waals surface area (Å²) in [6.45, 7) is 4.01. The Bertz CT molecular complexity index is 519. The minimum absolute atomic E-state index is 0.392. The molecule has 0 aromatic heterocycles. The Morgan fingerprint density at radius 2 is 2.00 bits per heavy atom. The molecular formula is C11H12Br2NO2P. The Hall–Kier alpha value is -0.0900. The minimum atomic E-state index is -3.10. The Balaban J connectivity index is 2.08. The van der Waals surface area contributed by atoms with Crippen LogP contribution in [0.2, 0.25) is 0 Å². The summed E-state index contributed by atoms with van der Waals surface area (Å²) in [7, 11) is 0. The van der Waals surface area contributed by atoms with E-state index < -0.39 is 11.5 Å². The summed E-state index contributed by atoms with van der Waals surface area (Å²) in [6.07, 6.45) is 0. The SMILES string of the molecule is CC1(C)OP2(Br)(C=C1Br)Nc1ccccc1O2. The first-order valence-electron chi connectivity index (χ1n) is 5.23. The number of rotatable bonds is 0. The zero-order valence-corrected chi connectivity index (χ0v) is 13.5. The molecule has 17 heavy (non-hydrogen) atoms. The van der Waals surface area contributed by atoms with E-state index in [0.717, 1.165) is 15.9 Å². The van der Waals surface area contributed by atoms with Crippen LogP contribution in [-0.4, -0.2) is 5.60 Å². The summed E-state index contributed by atoms with van der Waals surface area (Å²) in [5, 5.41) is 3.37. The normalized spacial score (nSPS) is 28.5. The average Bonchev–Trinajstić information content (AvgIpc) is 2.57. The fourth-order valence-electron chi connectivity index (χ4n) is 2.00. The van der Waals surface area contributed by atoms with Crippen LogP contribution < -0.4 is 9.61 Å². The van der Waals surface area contributed by atoms with E-state index >= 15 is 0 Å². The Labute approximate surface area is 117 Å². The van der Waals surface area contributed by atoms with E-state index in [9.17, 15) is 0 Å². The van der Waals surface area contributed by atoms with Crippen molar-refractivity contribution in [1.82, 2.24) is 0 Å². The van der Waals surface area contributed by atoms with E-state index in [1.54, 1.807) is 0 Å². The standard InChI is InChI=1S/C11H12Br2NO2P/c1-11(2)10(12)7-17(13,16-11)14-8-5-3-4-6-9(8)15-17/h3-7,14H,1-2H3. The Kier molecular flexibility index (Phi) is 2.30. The van der Waals surface area contributed by atoms with E-state index in [1.807, 2.05) is 43.9 Å². The van der Waals surface area contributed by atoms with Crippen LogP contribution in [0, 0.1) is 0 Å². The molecule has 1 N–H and O–H groups in total. The van der Waals surface area contributed by atoms with Crippen LogP contribution in [0.5, 0.6) is 5.75 Å². The van der Waals surface area contributed by atoms with Gasteiger partial charge in [0.2, 0.25) is 0 Å². The van der Waals surface area contributed by atoms with Gasteiger partial charge in [0, 0.05) is 0 Å².